The van der Waals surface area contributed by atoms with Gasteiger partial charge in [0.05, 0.1) is 0 Å². The lowest BCUT2D eigenvalue weighted by molar-refractivity contribution is 0.197. The maximum atomic E-state index is 13.3. The van der Waals surface area contributed by atoms with Crippen molar-refractivity contribution in [2.75, 3.05) is 0 Å². The fraction of sp³-hybridized carbons (Fsp3) is 0.647. The molecule has 1 fully saturated rings. The maximum absolute atomic E-state index is 13.3. The van der Waals surface area contributed by atoms with Gasteiger partial charge in [-0.2, -0.15) is 0 Å². The fourth-order valence-electron chi connectivity index (χ4n) is 3.02. The first-order valence-corrected chi connectivity index (χ1v) is 7.52. The molecule has 0 spiro atoms. The lowest BCUT2D eigenvalue weighted by atomic mass is 9.75. The van der Waals surface area contributed by atoms with Crippen LogP contribution in [-0.4, -0.2) is 6.04 Å². The monoisotopic (exact) mass is 263 g/mol. The molecule has 1 saturated carbocycles. The van der Waals surface area contributed by atoms with E-state index in [0.29, 0.717) is 11.5 Å². The Bertz CT molecular complexity index is 403. The Morgan fingerprint density at radius 2 is 2.00 bits per heavy atom. The van der Waals surface area contributed by atoms with Crippen LogP contribution in [0.1, 0.15) is 64.5 Å². The summed E-state index contributed by atoms with van der Waals surface area (Å²) in [6.07, 6.45) is 6.04. The summed E-state index contributed by atoms with van der Waals surface area (Å²) in [6.45, 7) is 6.87. The van der Waals surface area contributed by atoms with Crippen molar-refractivity contribution < 1.29 is 4.39 Å². The van der Waals surface area contributed by atoms with Gasteiger partial charge in [-0.15, -0.1) is 0 Å². The molecule has 0 aromatic heterocycles. The topological polar surface area (TPSA) is 12.0 Å². The summed E-state index contributed by atoms with van der Waals surface area (Å²) >= 11 is 0. The summed E-state index contributed by atoms with van der Waals surface area (Å²) in [7, 11) is 0. The number of hydrogen-bond acceptors (Lipinski definition) is 1. The predicted octanol–water partition coefficient (Wildman–Crippen LogP) is 4.84. The molecule has 1 N–H and O–H groups in total. The molecule has 2 heteroatoms. The number of benzene rings is 1. The second-order valence-corrected chi connectivity index (χ2v) is 6.62. The van der Waals surface area contributed by atoms with Gasteiger partial charge in [-0.1, -0.05) is 32.9 Å². The summed E-state index contributed by atoms with van der Waals surface area (Å²) in [4.78, 5) is 0. The van der Waals surface area contributed by atoms with E-state index >= 15 is 0 Å². The van der Waals surface area contributed by atoms with Crippen molar-refractivity contribution in [3.05, 3.63) is 35.6 Å². The van der Waals surface area contributed by atoms with Crippen molar-refractivity contribution in [2.24, 2.45) is 5.41 Å². The molecule has 19 heavy (non-hydrogen) atoms. The molecule has 0 radical (unpaired) electrons. The minimum atomic E-state index is -0.137. The third-order valence-electron chi connectivity index (χ3n) is 4.44. The van der Waals surface area contributed by atoms with Crippen molar-refractivity contribution in [2.45, 2.75) is 65.0 Å². The molecule has 106 valence electrons. The molecule has 0 saturated heterocycles. The van der Waals surface area contributed by atoms with Crippen LogP contribution in [0.5, 0.6) is 0 Å². The van der Waals surface area contributed by atoms with E-state index in [1.54, 1.807) is 12.1 Å². The van der Waals surface area contributed by atoms with E-state index in [2.05, 4.69) is 26.1 Å². The molecule has 1 atom stereocenters. The van der Waals surface area contributed by atoms with Crippen LogP contribution in [0.25, 0.3) is 0 Å². The molecule has 0 bridgehead atoms. The van der Waals surface area contributed by atoms with Crippen LogP contribution < -0.4 is 5.32 Å². The second kappa shape index (κ2) is 6.04. The molecule has 1 nitrogen and oxygen atoms in total. The number of rotatable bonds is 4. The molecular formula is C17H26FN. The molecule has 1 aliphatic rings. The Balaban J connectivity index is 1.97. The summed E-state index contributed by atoms with van der Waals surface area (Å²) < 4.78 is 13.3. The zero-order chi connectivity index (χ0) is 13.9. The largest absolute Gasteiger partial charge is 0.307 e. The van der Waals surface area contributed by atoms with E-state index < -0.39 is 0 Å². The molecule has 1 aromatic carbocycles. The van der Waals surface area contributed by atoms with Crippen LogP contribution in [0.4, 0.5) is 4.39 Å². The number of halogens is 1. The highest BCUT2D eigenvalue weighted by atomic mass is 19.1. The van der Waals surface area contributed by atoms with Gasteiger partial charge in [0.15, 0.2) is 0 Å². The van der Waals surface area contributed by atoms with Crippen LogP contribution in [0.15, 0.2) is 24.3 Å². The summed E-state index contributed by atoms with van der Waals surface area (Å²) in [5.41, 5.74) is 1.57. The zero-order valence-electron chi connectivity index (χ0n) is 12.4. The van der Waals surface area contributed by atoms with Crippen molar-refractivity contribution in [1.29, 1.82) is 0 Å². The standard InChI is InChI=1S/C17H26FN/c1-4-16(13-6-5-7-14(18)12-13)19-15-8-10-17(2,3)11-9-15/h5-7,12,15-16,19H,4,8-11H2,1-3H3. The Morgan fingerprint density at radius 3 is 2.58 bits per heavy atom. The van der Waals surface area contributed by atoms with E-state index in [1.165, 1.54) is 31.7 Å². The molecule has 2 rings (SSSR count). The van der Waals surface area contributed by atoms with Crippen LogP contribution in [-0.2, 0) is 0 Å². The van der Waals surface area contributed by atoms with Gasteiger partial charge in [0.25, 0.3) is 0 Å². The molecule has 0 amide bonds. The van der Waals surface area contributed by atoms with E-state index in [0.717, 1.165) is 12.0 Å². The predicted molar refractivity (Wildman–Crippen MR) is 78.6 cm³/mol. The first kappa shape index (κ1) is 14.5. The van der Waals surface area contributed by atoms with Gasteiger partial charge in [0.1, 0.15) is 5.82 Å². The average molecular weight is 263 g/mol. The molecule has 0 heterocycles. The molecule has 0 aliphatic heterocycles. The molecule has 1 aromatic rings. The summed E-state index contributed by atoms with van der Waals surface area (Å²) in [5.74, 6) is -0.137. The minimum Gasteiger partial charge on any atom is -0.307 e. The Labute approximate surface area is 116 Å². The lowest BCUT2D eigenvalue weighted by Gasteiger charge is -2.36. The lowest BCUT2D eigenvalue weighted by Crippen LogP contribution is -2.37. The molecular weight excluding hydrogens is 237 g/mol. The van der Waals surface area contributed by atoms with Gasteiger partial charge in [0, 0.05) is 12.1 Å². The van der Waals surface area contributed by atoms with Crippen molar-refractivity contribution >= 4 is 0 Å². The third-order valence-corrected chi connectivity index (χ3v) is 4.44. The Kier molecular flexibility index (Phi) is 4.62. The van der Waals surface area contributed by atoms with Crippen LogP contribution in [0.3, 0.4) is 0 Å². The van der Waals surface area contributed by atoms with Crippen LogP contribution >= 0.6 is 0 Å². The molecule has 1 aliphatic carbocycles. The first-order valence-electron chi connectivity index (χ1n) is 7.52. The second-order valence-electron chi connectivity index (χ2n) is 6.62. The fourth-order valence-corrected chi connectivity index (χ4v) is 3.02. The van der Waals surface area contributed by atoms with Gasteiger partial charge in [-0.25, -0.2) is 4.39 Å². The van der Waals surface area contributed by atoms with E-state index in [-0.39, 0.29) is 11.9 Å². The average Bonchev–Trinajstić information content (AvgIpc) is 2.37. The smallest absolute Gasteiger partial charge is 0.123 e. The summed E-state index contributed by atoms with van der Waals surface area (Å²) in [6, 6.07) is 7.87. The molecule has 1 unspecified atom stereocenters. The van der Waals surface area contributed by atoms with Gasteiger partial charge in [0.2, 0.25) is 0 Å². The Hall–Kier alpha value is -0.890. The van der Waals surface area contributed by atoms with Gasteiger partial charge in [-0.05, 0) is 55.2 Å². The van der Waals surface area contributed by atoms with Crippen LogP contribution in [0, 0.1) is 11.2 Å². The number of hydrogen-bond donors (Lipinski definition) is 1. The SMILES string of the molecule is CCC(NC1CCC(C)(C)CC1)c1cccc(F)c1. The van der Waals surface area contributed by atoms with Gasteiger partial charge < -0.3 is 5.32 Å². The Morgan fingerprint density at radius 1 is 1.32 bits per heavy atom. The first-order chi connectivity index (χ1) is 9.00. The van der Waals surface area contributed by atoms with Crippen molar-refractivity contribution in [3.8, 4) is 0 Å². The van der Waals surface area contributed by atoms with Gasteiger partial charge >= 0.3 is 0 Å². The quantitative estimate of drug-likeness (QED) is 0.820. The van der Waals surface area contributed by atoms with Crippen molar-refractivity contribution in [1.82, 2.24) is 5.32 Å². The zero-order valence-corrected chi connectivity index (χ0v) is 12.4. The summed E-state index contributed by atoms with van der Waals surface area (Å²) in [5, 5.41) is 3.72. The maximum Gasteiger partial charge on any atom is 0.123 e. The normalized spacial score (nSPS) is 21.3. The van der Waals surface area contributed by atoms with E-state index in [4.69, 9.17) is 0 Å². The number of nitrogens with one attached hydrogen (secondary N) is 1. The van der Waals surface area contributed by atoms with E-state index in [1.807, 2.05) is 6.07 Å². The highest BCUT2D eigenvalue weighted by Crippen LogP contribution is 2.36. The van der Waals surface area contributed by atoms with Gasteiger partial charge in [-0.3, -0.25) is 0 Å². The van der Waals surface area contributed by atoms with Crippen molar-refractivity contribution in [3.63, 3.8) is 0 Å². The third kappa shape index (κ3) is 4.04. The van der Waals surface area contributed by atoms with E-state index in [9.17, 15) is 4.39 Å². The minimum absolute atomic E-state index is 0.137. The van der Waals surface area contributed by atoms with Crippen LogP contribution in [0.2, 0.25) is 0 Å². The highest BCUT2D eigenvalue weighted by Gasteiger charge is 2.27. The highest BCUT2D eigenvalue weighted by molar-refractivity contribution is 5.20.